The number of anilines is 1. The zero-order valence-electron chi connectivity index (χ0n) is 8.74. The third kappa shape index (κ3) is 2.27. The molecule has 2 rings (SSSR count). The Bertz CT molecular complexity index is 389. The van der Waals surface area contributed by atoms with Crippen molar-refractivity contribution in [2.75, 3.05) is 18.0 Å². The van der Waals surface area contributed by atoms with Crippen molar-refractivity contribution in [1.82, 2.24) is 4.98 Å². The summed E-state index contributed by atoms with van der Waals surface area (Å²) in [6, 6.07) is 2.85. The molecule has 6 heteroatoms. The first kappa shape index (κ1) is 10.8. The molecule has 0 atom stereocenters. The molecule has 16 heavy (non-hydrogen) atoms. The lowest BCUT2D eigenvalue weighted by Gasteiger charge is -2.30. The molecule has 1 N–H and O–H groups in total. The van der Waals surface area contributed by atoms with Gasteiger partial charge in [-0.1, -0.05) is 0 Å². The molecule has 0 saturated carbocycles. The Morgan fingerprint density at radius 2 is 2.19 bits per heavy atom. The fourth-order valence-electron chi connectivity index (χ4n) is 1.79. The molecule has 0 unspecified atom stereocenters. The van der Waals surface area contributed by atoms with Gasteiger partial charge < -0.3 is 10.0 Å². The van der Waals surface area contributed by atoms with Gasteiger partial charge in [0.05, 0.1) is 17.1 Å². The number of aliphatic hydroxyl groups excluding tert-OH is 1. The molecule has 86 valence electrons. The second-order valence-corrected chi connectivity index (χ2v) is 3.85. The van der Waals surface area contributed by atoms with Crippen LogP contribution in [0.2, 0.25) is 0 Å². The number of hydrogen-bond acceptors (Lipinski definition) is 5. The van der Waals surface area contributed by atoms with E-state index in [1.807, 2.05) is 4.90 Å². The number of rotatable bonds is 2. The van der Waals surface area contributed by atoms with Gasteiger partial charge in [0.1, 0.15) is 5.82 Å². The highest BCUT2D eigenvalue weighted by atomic mass is 16.6. The number of aliphatic hydroxyl groups is 1. The molecular weight excluding hydrogens is 210 g/mol. The summed E-state index contributed by atoms with van der Waals surface area (Å²) < 4.78 is 0. The highest BCUT2D eigenvalue weighted by Crippen LogP contribution is 2.21. The van der Waals surface area contributed by atoms with E-state index in [-0.39, 0.29) is 11.8 Å². The molecule has 0 amide bonds. The van der Waals surface area contributed by atoms with Gasteiger partial charge in [0.15, 0.2) is 0 Å². The van der Waals surface area contributed by atoms with Gasteiger partial charge in [0.2, 0.25) is 0 Å². The first-order chi connectivity index (χ1) is 7.66. The highest BCUT2D eigenvalue weighted by molar-refractivity contribution is 5.46. The number of pyridine rings is 1. The molecular formula is C10H13N3O3. The van der Waals surface area contributed by atoms with Crippen molar-refractivity contribution in [3.8, 4) is 0 Å². The van der Waals surface area contributed by atoms with Crippen LogP contribution in [0.15, 0.2) is 18.3 Å². The van der Waals surface area contributed by atoms with Crippen molar-refractivity contribution in [3.63, 3.8) is 0 Å². The number of piperidine rings is 1. The lowest BCUT2D eigenvalue weighted by molar-refractivity contribution is -0.384. The number of aromatic nitrogens is 1. The van der Waals surface area contributed by atoms with Crippen LogP contribution >= 0.6 is 0 Å². The number of nitrogens with zero attached hydrogens (tertiary/aromatic N) is 3. The Morgan fingerprint density at radius 1 is 1.50 bits per heavy atom. The molecule has 0 aliphatic carbocycles. The van der Waals surface area contributed by atoms with Crippen molar-refractivity contribution in [2.45, 2.75) is 18.9 Å². The Hall–Kier alpha value is -1.69. The maximum absolute atomic E-state index is 10.6. The van der Waals surface area contributed by atoms with Crippen LogP contribution in [0.25, 0.3) is 0 Å². The minimum atomic E-state index is -0.427. The summed E-state index contributed by atoms with van der Waals surface area (Å²) in [4.78, 5) is 16.2. The van der Waals surface area contributed by atoms with Crippen LogP contribution in [-0.4, -0.2) is 34.2 Å². The van der Waals surface area contributed by atoms with Gasteiger partial charge in [0.25, 0.3) is 5.69 Å². The summed E-state index contributed by atoms with van der Waals surface area (Å²) in [6.45, 7) is 1.38. The quantitative estimate of drug-likeness (QED) is 0.596. The summed E-state index contributed by atoms with van der Waals surface area (Å²) in [5.74, 6) is 0.612. The topological polar surface area (TPSA) is 79.5 Å². The molecule has 0 aromatic carbocycles. The van der Waals surface area contributed by atoms with E-state index >= 15 is 0 Å². The zero-order valence-corrected chi connectivity index (χ0v) is 8.74. The average Bonchev–Trinajstić information content (AvgIpc) is 2.30. The first-order valence-corrected chi connectivity index (χ1v) is 5.20. The molecule has 1 fully saturated rings. The first-order valence-electron chi connectivity index (χ1n) is 5.20. The maximum Gasteiger partial charge on any atom is 0.274 e. The minimum absolute atomic E-state index is 0.0520. The van der Waals surface area contributed by atoms with Crippen molar-refractivity contribution in [2.24, 2.45) is 0 Å². The van der Waals surface area contributed by atoms with Gasteiger partial charge in [-0.3, -0.25) is 10.1 Å². The average molecular weight is 223 g/mol. The van der Waals surface area contributed by atoms with Crippen molar-refractivity contribution in [3.05, 3.63) is 28.4 Å². The molecule has 6 nitrogen and oxygen atoms in total. The molecule has 0 radical (unpaired) electrons. The van der Waals surface area contributed by atoms with Crippen LogP contribution in [0, 0.1) is 10.1 Å². The smallest absolute Gasteiger partial charge is 0.274 e. The van der Waals surface area contributed by atoms with Gasteiger partial charge in [-0.2, -0.15) is 0 Å². The predicted octanol–water partition coefficient (Wildman–Crippen LogP) is 0.951. The lowest BCUT2D eigenvalue weighted by atomic mass is 10.1. The van der Waals surface area contributed by atoms with Crippen LogP contribution in [0.1, 0.15) is 12.8 Å². The highest BCUT2D eigenvalue weighted by Gasteiger charge is 2.19. The molecule has 1 saturated heterocycles. The summed E-state index contributed by atoms with van der Waals surface area (Å²) in [5.41, 5.74) is 0.0520. The van der Waals surface area contributed by atoms with Crippen molar-refractivity contribution in [1.29, 1.82) is 0 Å². The van der Waals surface area contributed by atoms with E-state index in [4.69, 9.17) is 0 Å². The maximum atomic E-state index is 10.6. The van der Waals surface area contributed by atoms with E-state index < -0.39 is 4.92 Å². The zero-order chi connectivity index (χ0) is 11.5. The Kier molecular flexibility index (Phi) is 3.00. The van der Waals surface area contributed by atoms with Gasteiger partial charge in [-0.25, -0.2) is 4.98 Å². The summed E-state index contributed by atoms with van der Waals surface area (Å²) in [7, 11) is 0. The van der Waals surface area contributed by atoms with Crippen LogP contribution in [0.3, 0.4) is 0 Å². The van der Waals surface area contributed by atoms with Crippen molar-refractivity contribution < 1.29 is 10.0 Å². The molecule has 1 aliphatic rings. The third-order valence-electron chi connectivity index (χ3n) is 2.73. The van der Waals surface area contributed by atoms with Gasteiger partial charge in [-0.05, 0) is 12.8 Å². The molecule has 0 bridgehead atoms. The second kappa shape index (κ2) is 4.44. The van der Waals surface area contributed by atoms with Gasteiger partial charge >= 0.3 is 0 Å². The lowest BCUT2D eigenvalue weighted by Crippen LogP contribution is -2.36. The van der Waals surface area contributed by atoms with Crippen LogP contribution in [0.5, 0.6) is 0 Å². The molecule has 1 aromatic heterocycles. The molecule has 0 spiro atoms. The molecule has 2 heterocycles. The van der Waals surface area contributed by atoms with Crippen LogP contribution in [0.4, 0.5) is 11.5 Å². The van der Waals surface area contributed by atoms with E-state index in [1.165, 1.54) is 18.3 Å². The van der Waals surface area contributed by atoms with E-state index in [1.54, 1.807) is 0 Å². The standard InChI is InChI=1S/C10H13N3O3/c14-9-2-5-12(6-3-9)10-7-8(13(15)16)1-4-11-10/h1,4,7,9,14H,2-3,5-6H2. The van der Waals surface area contributed by atoms with E-state index in [2.05, 4.69) is 4.98 Å². The minimum Gasteiger partial charge on any atom is -0.393 e. The fraction of sp³-hybridized carbons (Fsp3) is 0.500. The fourth-order valence-corrected chi connectivity index (χ4v) is 1.79. The second-order valence-electron chi connectivity index (χ2n) is 3.85. The van der Waals surface area contributed by atoms with Gasteiger partial charge in [-0.15, -0.1) is 0 Å². The predicted molar refractivity (Wildman–Crippen MR) is 58.3 cm³/mol. The van der Waals surface area contributed by atoms with E-state index in [9.17, 15) is 15.2 Å². The van der Waals surface area contributed by atoms with E-state index in [0.717, 1.165) is 0 Å². The summed E-state index contributed by atoms with van der Waals surface area (Å²) in [6.07, 6.45) is 2.56. The van der Waals surface area contributed by atoms with Crippen molar-refractivity contribution >= 4 is 11.5 Å². The summed E-state index contributed by atoms with van der Waals surface area (Å²) >= 11 is 0. The SMILES string of the molecule is O=[N+]([O-])c1ccnc(N2CCC(O)CC2)c1. The normalized spacial score (nSPS) is 17.4. The third-order valence-corrected chi connectivity index (χ3v) is 2.73. The Labute approximate surface area is 92.7 Å². The van der Waals surface area contributed by atoms with Crippen LogP contribution < -0.4 is 4.90 Å². The largest absolute Gasteiger partial charge is 0.393 e. The van der Waals surface area contributed by atoms with Gasteiger partial charge in [0, 0.05) is 25.4 Å². The summed E-state index contributed by atoms with van der Waals surface area (Å²) in [5, 5.41) is 20.0. The molecule has 1 aliphatic heterocycles. The van der Waals surface area contributed by atoms with Crippen LogP contribution in [-0.2, 0) is 0 Å². The monoisotopic (exact) mass is 223 g/mol. The van der Waals surface area contributed by atoms with E-state index in [0.29, 0.717) is 31.7 Å². The Morgan fingerprint density at radius 3 is 2.81 bits per heavy atom. The Balaban J connectivity index is 2.14. The molecule has 1 aromatic rings. The number of hydrogen-bond donors (Lipinski definition) is 1. The number of nitro groups is 1.